The van der Waals surface area contributed by atoms with Crippen molar-refractivity contribution in [1.29, 1.82) is 0 Å². The van der Waals surface area contributed by atoms with Crippen molar-refractivity contribution < 1.29 is 0 Å². The molecule has 0 bridgehead atoms. The summed E-state index contributed by atoms with van der Waals surface area (Å²) in [6.45, 7) is 0. The van der Waals surface area contributed by atoms with Gasteiger partial charge in [-0.2, -0.15) is 5.10 Å². The molecule has 0 amide bonds. The lowest BCUT2D eigenvalue weighted by Gasteiger charge is -2.09. The molecule has 0 saturated heterocycles. The van der Waals surface area contributed by atoms with Gasteiger partial charge in [-0.15, -0.1) is 11.8 Å². The quantitative estimate of drug-likeness (QED) is 0.797. The topological polar surface area (TPSA) is 30.7 Å². The third-order valence-corrected chi connectivity index (χ3v) is 5.33. The fourth-order valence-corrected chi connectivity index (χ4v) is 4.37. The summed E-state index contributed by atoms with van der Waals surface area (Å²) >= 11 is 3.75. The van der Waals surface area contributed by atoms with Crippen LogP contribution in [0.1, 0.15) is 11.5 Å². The van der Waals surface area contributed by atoms with Gasteiger partial charge in [0.15, 0.2) is 5.16 Å². The molecule has 0 radical (unpaired) electrons. The van der Waals surface area contributed by atoms with Crippen LogP contribution >= 0.6 is 23.5 Å². The van der Waals surface area contributed by atoms with Gasteiger partial charge in [0.2, 0.25) is 0 Å². The summed E-state index contributed by atoms with van der Waals surface area (Å²) < 4.78 is 1.83. The number of hydrogen-bond acceptors (Lipinski definition) is 4. The van der Waals surface area contributed by atoms with E-state index in [-0.39, 0.29) is 0 Å². The van der Waals surface area contributed by atoms with Crippen LogP contribution in [0.25, 0.3) is 0 Å². The van der Waals surface area contributed by atoms with Crippen LogP contribution in [0.5, 0.6) is 0 Å². The first kappa shape index (κ1) is 11.2. The normalized spacial score (nSPS) is 18.3. The highest BCUT2D eigenvalue weighted by Crippen LogP contribution is 2.41. The van der Waals surface area contributed by atoms with Crippen molar-refractivity contribution in [2.45, 2.75) is 16.0 Å². The van der Waals surface area contributed by atoms with Gasteiger partial charge in [0, 0.05) is 29.4 Å². The van der Waals surface area contributed by atoms with Gasteiger partial charge in [-0.05, 0) is 11.6 Å². The highest BCUT2D eigenvalue weighted by molar-refractivity contribution is 8.00. The summed E-state index contributed by atoms with van der Waals surface area (Å²) in [5.74, 6) is 2.90. The van der Waals surface area contributed by atoms with E-state index in [4.69, 9.17) is 0 Å². The Kier molecular flexibility index (Phi) is 3.11. The number of aromatic nitrogens is 3. The molecule has 88 valence electrons. The largest absolute Gasteiger partial charge is 0.244 e. The Hall–Kier alpha value is -0.940. The minimum absolute atomic E-state index is 0.637. The second-order valence-electron chi connectivity index (χ2n) is 4.02. The van der Waals surface area contributed by atoms with Crippen LogP contribution in [0.2, 0.25) is 0 Å². The molecule has 2 heterocycles. The SMILES string of the molecule is Cn1ncnc1SCC1CSc2ccccc21. The van der Waals surface area contributed by atoms with Crippen LogP contribution in [0.3, 0.4) is 0 Å². The molecule has 1 aromatic carbocycles. The highest BCUT2D eigenvalue weighted by Gasteiger charge is 2.23. The van der Waals surface area contributed by atoms with Crippen molar-refractivity contribution in [3.63, 3.8) is 0 Å². The minimum Gasteiger partial charge on any atom is -0.244 e. The summed E-state index contributed by atoms with van der Waals surface area (Å²) in [4.78, 5) is 5.68. The van der Waals surface area contributed by atoms with E-state index in [2.05, 4.69) is 34.3 Å². The molecule has 1 aliphatic heterocycles. The lowest BCUT2D eigenvalue weighted by molar-refractivity contribution is 0.684. The first-order valence-electron chi connectivity index (χ1n) is 5.53. The Balaban J connectivity index is 1.70. The average Bonchev–Trinajstić information content (AvgIpc) is 2.93. The Bertz CT molecular complexity index is 524. The van der Waals surface area contributed by atoms with Gasteiger partial charge in [-0.3, -0.25) is 0 Å². The zero-order valence-electron chi connectivity index (χ0n) is 9.54. The van der Waals surface area contributed by atoms with E-state index >= 15 is 0 Å². The number of hydrogen-bond donors (Lipinski definition) is 0. The van der Waals surface area contributed by atoms with Gasteiger partial charge in [-0.1, -0.05) is 30.0 Å². The van der Waals surface area contributed by atoms with Crippen molar-refractivity contribution in [3.8, 4) is 0 Å². The van der Waals surface area contributed by atoms with Crippen molar-refractivity contribution in [2.75, 3.05) is 11.5 Å². The average molecular weight is 263 g/mol. The number of thioether (sulfide) groups is 2. The zero-order chi connectivity index (χ0) is 11.7. The molecule has 0 N–H and O–H groups in total. The van der Waals surface area contributed by atoms with Gasteiger partial charge in [0.25, 0.3) is 0 Å². The molecule has 3 nitrogen and oxygen atoms in total. The summed E-state index contributed by atoms with van der Waals surface area (Å²) in [5.41, 5.74) is 1.49. The standard InChI is InChI=1S/C12H13N3S2/c1-15-12(13-8-14-15)17-7-9-6-16-11-5-3-2-4-10(9)11/h2-5,8-9H,6-7H2,1H3. The molecular weight excluding hydrogens is 250 g/mol. The Morgan fingerprint density at radius 2 is 2.35 bits per heavy atom. The van der Waals surface area contributed by atoms with Gasteiger partial charge in [-0.25, -0.2) is 9.67 Å². The van der Waals surface area contributed by atoms with E-state index in [1.165, 1.54) is 16.2 Å². The predicted molar refractivity (Wildman–Crippen MR) is 71.6 cm³/mol. The zero-order valence-corrected chi connectivity index (χ0v) is 11.2. The molecule has 17 heavy (non-hydrogen) atoms. The second-order valence-corrected chi connectivity index (χ2v) is 6.07. The van der Waals surface area contributed by atoms with Crippen LogP contribution < -0.4 is 0 Å². The molecule has 0 saturated carbocycles. The van der Waals surface area contributed by atoms with E-state index in [9.17, 15) is 0 Å². The molecule has 1 unspecified atom stereocenters. The van der Waals surface area contributed by atoms with Crippen molar-refractivity contribution >= 4 is 23.5 Å². The fourth-order valence-electron chi connectivity index (χ4n) is 1.96. The number of nitrogens with zero attached hydrogens (tertiary/aromatic N) is 3. The van der Waals surface area contributed by atoms with E-state index < -0.39 is 0 Å². The third kappa shape index (κ3) is 2.21. The van der Waals surface area contributed by atoms with E-state index in [1.807, 2.05) is 23.5 Å². The fraction of sp³-hybridized carbons (Fsp3) is 0.333. The van der Waals surface area contributed by atoms with Crippen LogP contribution in [-0.2, 0) is 7.05 Å². The Labute approximate surface area is 109 Å². The van der Waals surface area contributed by atoms with Gasteiger partial charge in [0.1, 0.15) is 6.33 Å². The van der Waals surface area contributed by atoms with Gasteiger partial charge >= 0.3 is 0 Å². The molecule has 5 heteroatoms. The van der Waals surface area contributed by atoms with Crippen molar-refractivity contribution in [2.24, 2.45) is 7.05 Å². The lowest BCUT2D eigenvalue weighted by Crippen LogP contribution is -2.02. The molecule has 1 aliphatic rings. The molecule has 0 aliphatic carbocycles. The van der Waals surface area contributed by atoms with Gasteiger partial charge in [0.05, 0.1) is 0 Å². The van der Waals surface area contributed by atoms with E-state index in [1.54, 1.807) is 18.1 Å². The monoisotopic (exact) mass is 263 g/mol. The van der Waals surface area contributed by atoms with Gasteiger partial charge < -0.3 is 0 Å². The molecule has 1 atom stereocenters. The molecule has 0 spiro atoms. The number of fused-ring (bicyclic) bond motifs is 1. The third-order valence-electron chi connectivity index (χ3n) is 2.88. The summed E-state index contributed by atoms with van der Waals surface area (Å²) in [5, 5.41) is 5.09. The maximum atomic E-state index is 4.24. The molecule has 1 aromatic heterocycles. The Morgan fingerprint density at radius 3 is 3.18 bits per heavy atom. The first-order valence-corrected chi connectivity index (χ1v) is 7.50. The summed E-state index contributed by atoms with van der Waals surface area (Å²) in [6, 6.07) is 8.71. The second kappa shape index (κ2) is 4.74. The van der Waals surface area contributed by atoms with E-state index in [0.29, 0.717) is 5.92 Å². The number of benzene rings is 1. The maximum Gasteiger partial charge on any atom is 0.185 e. The molecular formula is C12H13N3S2. The minimum atomic E-state index is 0.637. The summed E-state index contributed by atoms with van der Waals surface area (Å²) in [6.07, 6.45) is 1.61. The van der Waals surface area contributed by atoms with Crippen molar-refractivity contribution in [3.05, 3.63) is 36.2 Å². The van der Waals surface area contributed by atoms with Crippen LogP contribution in [-0.4, -0.2) is 26.3 Å². The number of rotatable bonds is 3. The highest BCUT2D eigenvalue weighted by atomic mass is 32.2. The van der Waals surface area contributed by atoms with E-state index in [0.717, 1.165) is 10.9 Å². The smallest absolute Gasteiger partial charge is 0.185 e. The molecule has 0 fully saturated rings. The first-order chi connectivity index (χ1) is 8.34. The molecule has 3 rings (SSSR count). The van der Waals surface area contributed by atoms with Crippen LogP contribution in [0.15, 0.2) is 40.6 Å². The van der Waals surface area contributed by atoms with Crippen molar-refractivity contribution in [1.82, 2.24) is 14.8 Å². The molecule has 2 aromatic rings. The number of aryl methyl sites for hydroxylation is 1. The van der Waals surface area contributed by atoms with Crippen LogP contribution in [0, 0.1) is 0 Å². The van der Waals surface area contributed by atoms with Crippen LogP contribution in [0.4, 0.5) is 0 Å². The summed E-state index contributed by atoms with van der Waals surface area (Å²) in [7, 11) is 1.94. The maximum absolute atomic E-state index is 4.24. The lowest BCUT2D eigenvalue weighted by atomic mass is 10.0. The predicted octanol–water partition coefficient (Wildman–Crippen LogP) is 2.80. The Morgan fingerprint density at radius 1 is 1.47 bits per heavy atom.